The van der Waals surface area contributed by atoms with Gasteiger partial charge in [-0.1, -0.05) is 11.6 Å². The number of rotatable bonds is 2. The predicted molar refractivity (Wildman–Crippen MR) is 82.9 cm³/mol. The van der Waals surface area contributed by atoms with Crippen molar-refractivity contribution in [1.29, 1.82) is 0 Å². The van der Waals surface area contributed by atoms with E-state index in [0.717, 1.165) is 44.6 Å². The Morgan fingerprint density at radius 2 is 2.21 bits per heavy atom. The van der Waals surface area contributed by atoms with E-state index in [1.165, 1.54) is 0 Å². The van der Waals surface area contributed by atoms with Crippen LogP contribution >= 0.6 is 22.9 Å². The summed E-state index contributed by atoms with van der Waals surface area (Å²) in [5.74, 6) is 0.926. The number of aromatic nitrogens is 2. The lowest BCUT2D eigenvalue weighted by Gasteiger charge is -2.05. The highest BCUT2D eigenvalue weighted by Crippen LogP contribution is 2.36. The van der Waals surface area contributed by atoms with Gasteiger partial charge in [-0.05, 0) is 43.0 Å². The average Bonchev–Trinajstić information content (AvgIpc) is 2.90. The minimum Gasteiger partial charge on any atom is -0.397 e. The molecule has 2 N–H and O–H groups in total. The van der Waals surface area contributed by atoms with E-state index in [1.54, 1.807) is 11.3 Å². The zero-order chi connectivity index (χ0) is 13.6. The number of thiophene rings is 1. The number of halogens is 1. The van der Waals surface area contributed by atoms with E-state index < -0.39 is 0 Å². The van der Waals surface area contributed by atoms with Crippen LogP contribution in [0.3, 0.4) is 0 Å². The van der Waals surface area contributed by atoms with Gasteiger partial charge in [0.2, 0.25) is 0 Å². The Hall–Kier alpha value is -1.52. The monoisotopic (exact) mass is 291 g/mol. The Kier molecular flexibility index (Phi) is 2.99. The Labute approximate surface area is 120 Å². The number of hydrogen-bond donors (Lipinski definition) is 1. The maximum absolute atomic E-state index is 6.14. The van der Waals surface area contributed by atoms with Crippen LogP contribution in [0.1, 0.15) is 12.5 Å². The first-order chi connectivity index (χ1) is 9.11. The average molecular weight is 292 g/mol. The fourth-order valence-electron chi connectivity index (χ4n) is 2.22. The first-order valence-corrected chi connectivity index (χ1v) is 7.37. The molecule has 0 bridgehead atoms. The molecule has 1 aromatic carbocycles. The van der Waals surface area contributed by atoms with Crippen LogP contribution in [0, 0.1) is 6.92 Å². The molecule has 0 unspecified atom stereocenters. The predicted octanol–water partition coefficient (Wildman–Crippen LogP) is 4.33. The smallest absolute Gasteiger partial charge is 0.153 e. The first-order valence-electron chi connectivity index (χ1n) is 6.11. The van der Waals surface area contributed by atoms with Gasteiger partial charge in [-0.2, -0.15) is 0 Å². The van der Waals surface area contributed by atoms with E-state index in [0.29, 0.717) is 0 Å². The number of benzene rings is 1. The summed E-state index contributed by atoms with van der Waals surface area (Å²) in [6.45, 7) is 4.95. The molecule has 0 fully saturated rings. The Morgan fingerprint density at radius 3 is 2.84 bits per heavy atom. The molecule has 3 nitrogen and oxygen atoms in total. The van der Waals surface area contributed by atoms with E-state index in [9.17, 15) is 0 Å². The van der Waals surface area contributed by atoms with Gasteiger partial charge in [-0.3, -0.25) is 0 Å². The second-order valence-electron chi connectivity index (χ2n) is 4.47. The van der Waals surface area contributed by atoms with Crippen molar-refractivity contribution < 1.29 is 0 Å². The van der Waals surface area contributed by atoms with Gasteiger partial charge in [0.05, 0.1) is 21.6 Å². The van der Waals surface area contributed by atoms with Gasteiger partial charge >= 0.3 is 0 Å². The summed E-state index contributed by atoms with van der Waals surface area (Å²) >= 11 is 7.71. The van der Waals surface area contributed by atoms with E-state index in [2.05, 4.69) is 16.9 Å². The van der Waals surface area contributed by atoms with Crippen LogP contribution in [-0.2, 0) is 6.54 Å². The van der Waals surface area contributed by atoms with Crippen LogP contribution in [0.15, 0.2) is 23.6 Å². The van der Waals surface area contributed by atoms with Gasteiger partial charge < -0.3 is 10.3 Å². The third kappa shape index (κ3) is 1.91. The molecule has 0 aliphatic rings. The van der Waals surface area contributed by atoms with Crippen molar-refractivity contribution in [3.8, 4) is 10.7 Å². The van der Waals surface area contributed by atoms with Crippen LogP contribution < -0.4 is 5.73 Å². The molecular formula is C14H14ClN3S. The Morgan fingerprint density at radius 1 is 1.42 bits per heavy atom. The normalized spacial score (nSPS) is 11.3. The standard InChI is InChI=1S/C14H14ClN3S/c1-3-18-11-6-9(15)4-5-10(11)17-14(18)13-12(16)8(2)7-19-13/h4-7H,3,16H2,1-2H3. The maximum Gasteiger partial charge on any atom is 0.153 e. The number of nitrogens with two attached hydrogens (primary N) is 1. The lowest BCUT2D eigenvalue weighted by atomic mass is 10.3. The number of hydrogen-bond acceptors (Lipinski definition) is 3. The van der Waals surface area contributed by atoms with Gasteiger partial charge in [0.25, 0.3) is 0 Å². The Bertz CT molecular complexity index is 757. The number of anilines is 1. The molecule has 0 atom stereocenters. The summed E-state index contributed by atoms with van der Waals surface area (Å²) in [5, 5.41) is 2.79. The summed E-state index contributed by atoms with van der Waals surface area (Å²) in [7, 11) is 0. The minimum atomic E-state index is 0.726. The fraction of sp³-hybridized carbons (Fsp3) is 0.214. The zero-order valence-corrected chi connectivity index (χ0v) is 12.3. The fourth-order valence-corrected chi connectivity index (χ4v) is 3.35. The molecule has 0 aliphatic heterocycles. The van der Waals surface area contributed by atoms with E-state index >= 15 is 0 Å². The molecule has 19 heavy (non-hydrogen) atoms. The number of imidazole rings is 1. The van der Waals surface area contributed by atoms with Crippen LogP contribution in [0.4, 0.5) is 5.69 Å². The highest BCUT2D eigenvalue weighted by atomic mass is 35.5. The lowest BCUT2D eigenvalue weighted by Crippen LogP contribution is -1.98. The quantitative estimate of drug-likeness (QED) is 0.764. The number of fused-ring (bicyclic) bond motifs is 1. The number of nitrogens with zero attached hydrogens (tertiary/aromatic N) is 2. The van der Waals surface area contributed by atoms with Gasteiger partial charge in [-0.25, -0.2) is 4.98 Å². The molecule has 2 heterocycles. The third-order valence-electron chi connectivity index (χ3n) is 3.25. The largest absolute Gasteiger partial charge is 0.397 e. The van der Waals surface area contributed by atoms with E-state index in [1.807, 2.05) is 25.1 Å². The highest BCUT2D eigenvalue weighted by Gasteiger charge is 2.16. The molecule has 2 aromatic heterocycles. The summed E-state index contributed by atoms with van der Waals surface area (Å²) in [6, 6.07) is 5.77. The summed E-state index contributed by atoms with van der Waals surface area (Å²) in [6.07, 6.45) is 0. The van der Waals surface area contributed by atoms with Crippen LogP contribution in [-0.4, -0.2) is 9.55 Å². The zero-order valence-electron chi connectivity index (χ0n) is 10.8. The Balaban J connectivity index is 2.32. The first kappa shape index (κ1) is 12.5. The van der Waals surface area contributed by atoms with Crippen molar-refractivity contribution in [2.75, 3.05) is 5.73 Å². The topological polar surface area (TPSA) is 43.8 Å². The third-order valence-corrected chi connectivity index (χ3v) is 4.60. The van der Waals surface area contributed by atoms with Crippen molar-refractivity contribution in [3.63, 3.8) is 0 Å². The van der Waals surface area contributed by atoms with Crippen molar-refractivity contribution in [2.45, 2.75) is 20.4 Å². The van der Waals surface area contributed by atoms with Gasteiger partial charge in [0.1, 0.15) is 0 Å². The van der Waals surface area contributed by atoms with Crippen molar-refractivity contribution in [3.05, 3.63) is 34.2 Å². The summed E-state index contributed by atoms with van der Waals surface area (Å²) in [4.78, 5) is 5.74. The molecular weight excluding hydrogens is 278 g/mol. The second kappa shape index (κ2) is 4.54. The SMILES string of the molecule is CCn1c(-c2scc(C)c2N)nc2ccc(Cl)cc21. The van der Waals surface area contributed by atoms with Gasteiger partial charge in [-0.15, -0.1) is 11.3 Å². The molecule has 98 valence electrons. The van der Waals surface area contributed by atoms with Crippen molar-refractivity contribution >= 4 is 39.7 Å². The molecule has 0 radical (unpaired) electrons. The summed E-state index contributed by atoms with van der Waals surface area (Å²) < 4.78 is 2.16. The summed E-state index contributed by atoms with van der Waals surface area (Å²) in [5.41, 5.74) is 10.1. The van der Waals surface area contributed by atoms with Crippen LogP contribution in [0.25, 0.3) is 21.7 Å². The maximum atomic E-state index is 6.14. The molecule has 3 aromatic rings. The number of aryl methyl sites for hydroxylation is 2. The molecule has 0 amide bonds. The lowest BCUT2D eigenvalue weighted by molar-refractivity contribution is 0.798. The molecule has 3 rings (SSSR count). The van der Waals surface area contributed by atoms with Gasteiger partial charge in [0, 0.05) is 11.6 Å². The highest BCUT2D eigenvalue weighted by molar-refractivity contribution is 7.14. The van der Waals surface area contributed by atoms with Crippen LogP contribution in [0.5, 0.6) is 0 Å². The molecule has 0 saturated heterocycles. The minimum absolute atomic E-state index is 0.726. The molecule has 5 heteroatoms. The van der Waals surface area contributed by atoms with Crippen molar-refractivity contribution in [1.82, 2.24) is 9.55 Å². The van der Waals surface area contributed by atoms with Crippen molar-refractivity contribution in [2.24, 2.45) is 0 Å². The van der Waals surface area contributed by atoms with Crippen LogP contribution in [0.2, 0.25) is 5.02 Å². The molecule has 0 saturated carbocycles. The second-order valence-corrected chi connectivity index (χ2v) is 5.79. The van der Waals surface area contributed by atoms with Gasteiger partial charge in [0.15, 0.2) is 5.82 Å². The van der Waals surface area contributed by atoms with E-state index in [-0.39, 0.29) is 0 Å². The molecule has 0 aliphatic carbocycles. The van der Waals surface area contributed by atoms with E-state index in [4.69, 9.17) is 22.3 Å². The number of nitrogen functional groups attached to an aromatic ring is 1. The molecule has 0 spiro atoms.